The zero-order chi connectivity index (χ0) is 31.9. The molecular formula is C33H41N5O6. The van der Waals surface area contributed by atoms with Gasteiger partial charge in [-0.25, -0.2) is 4.79 Å². The Balaban J connectivity index is 1.76. The lowest BCUT2D eigenvalue weighted by Gasteiger charge is -2.25. The fourth-order valence-electron chi connectivity index (χ4n) is 4.67. The quantitative estimate of drug-likeness (QED) is 0.112. The number of hydrogen-bond donors (Lipinski definition) is 7. The highest BCUT2D eigenvalue weighted by molar-refractivity contribution is 5.94. The van der Waals surface area contributed by atoms with Crippen LogP contribution in [0.2, 0.25) is 0 Å². The fraction of sp³-hybridized carbons (Fsp3) is 0.333. The molecule has 234 valence electrons. The average Bonchev–Trinajstić information content (AvgIpc) is 3.01. The van der Waals surface area contributed by atoms with Crippen molar-refractivity contribution in [2.24, 2.45) is 11.5 Å². The molecule has 0 aromatic heterocycles. The Morgan fingerprint density at radius 1 is 0.614 bits per heavy atom. The van der Waals surface area contributed by atoms with Crippen molar-refractivity contribution in [2.45, 2.75) is 62.7 Å². The van der Waals surface area contributed by atoms with Crippen molar-refractivity contribution < 1.29 is 29.4 Å². The minimum absolute atomic E-state index is 0.0309. The Hall–Kier alpha value is -4.74. The molecule has 11 heteroatoms. The third kappa shape index (κ3) is 11.2. The first kappa shape index (κ1) is 33.8. The van der Waals surface area contributed by atoms with E-state index in [1.807, 2.05) is 60.7 Å². The van der Waals surface area contributed by atoms with Gasteiger partial charge < -0.3 is 37.6 Å². The summed E-state index contributed by atoms with van der Waals surface area (Å²) in [7, 11) is 0. The number of rotatable bonds is 17. The second-order valence-electron chi connectivity index (χ2n) is 10.7. The number of carboxylic acid groups (broad SMARTS) is 1. The second-order valence-corrected chi connectivity index (χ2v) is 10.7. The first-order valence-electron chi connectivity index (χ1n) is 14.6. The number of nitrogens with one attached hydrogen (secondary N) is 3. The molecule has 4 atom stereocenters. The molecule has 3 amide bonds. The van der Waals surface area contributed by atoms with E-state index < -0.39 is 47.9 Å². The molecule has 0 radical (unpaired) electrons. The number of phenolic OH excluding ortho intramolecular Hbond substituents is 1. The number of unbranched alkanes of at least 4 members (excludes halogenated alkanes) is 1. The van der Waals surface area contributed by atoms with E-state index in [4.69, 9.17) is 11.5 Å². The van der Waals surface area contributed by atoms with E-state index in [9.17, 15) is 29.4 Å². The zero-order valence-corrected chi connectivity index (χ0v) is 24.5. The summed E-state index contributed by atoms with van der Waals surface area (Å²) in [4.78, 5) is 52.1. The van der Waals surface area contributed by atoms with Crippen LogP contribution in [0.15, 0.2) is 84.9 Å². The monoisotopic (exact) mass is 603 g/mol. The van der Waals surface area contributed by atoms with Gasteiger partial charge in [-0.05, 0) is 61.1 Å². The van der Waals surface area contributed by atoms with E-state index >= 15 is 0 Å². The molecule has 3 aromatic rings. The first-order valence-corrected chi connectivity index (χ1v) is 14.6. The summed E-state index contributed by atoms with van der Waals surface area (Å²) in [6.07, 6.45) is 1.69. The second kappa shape index (κ2) is 17.4. The van der Waals surface area contributed by atoms with Crippen LogP contribution in [-0.4, -0.2) is 64.6 Å². The molecule has 0 aliphatic carbocycles. The van der Waals surface area contributed by atoms with Gasteiger partial charge in [0.2, 0.25) is 17.7 Å². The van der Waals surface area contributed by atoms with E-state index in [-0.39, 0.29) is 31.4 Å². The van der Waals surface area contributed by atoms with Crippen LogP contribution >= 0.6 is 0 Å². The molecule has 0 saturated heterocycles. The van der Waals surface area contributed by atoms with Crippen molar-refractivity contribution in [3.8, 4) is 5.75 Å². The van der Waals surface area contributed by atoms with Crippen molar-refractivity contribution in [3.63, 3.8) is 0 Å². The van der Waals surface area contributed by atoms with Gasteiger partial charge in [0.25, 0.3) is 0 Å². The van der Waals surface area contributed by atoms with Gasteiger partial charge in [0.05, 0.1) is 6.04 Å². The summed E-state index contributed by atoms with van der Waals surface area (Å²) < 4.78 is 0. The van der Waals surface area contributed by atoms with Crippen LogP contribution in [-0.2, 0) is 38.4 Å². The molecule has 0 fully saturated rings. The molecule has 11 nitrogen and oxygen atoms in total. The molecule has 0 saturated carbocycles. The number of phenols is 1. The number of carbonyl (C=O) groups excluding carboxylic acids is 3. The predicted octanol–water partition coefficient (Wildman–Crippen LogP) is 1.42. The highest BCUT2D eigenvalue weighted by Gasteiger charge is 2.30. The zero-order valence-electron chi connectivity index (χ0n) is 24.5. The number of aliphatic carboxylic acids is 1. The molecular weight excluding hydrogens is 562 g/mol. The van der Waals surface area contributed by atoms with Gasteiger partial charge in [-0.3, -0.25) is 14.4 Å². The summed E-state index contributed by atoms with van der Waals surface area (Å²) in [5.41, 5.74) is 14.1. The number of carboxylic acids is 1. The summed E-state index contributed by atoms with van der Waals surface area (Å²) in [5, 5.41) is 27.3. The number of amides is 3. The molecule has 9 N–H and O–H groups in total. The maximum absolute atomic E-state index is 13.6. The molecule has 0 spiro atoms. The highest BCUT2D eigenvalue weighted by Crippen LogP contribution is 2.13. The van der Waals surface area contributed by atoms with Gasteiger partial charge in [-0.15, -0.1) is 0 Å². The minimum atomic E-state index is -1.28. The lowest BCUT2D eigenvalue weighted by Crippen LogP contribution is -2.58. The molecule has 4 unspecified atom stereocenters. The van der Waals surface area contributed by atoms with Crippen LogP contribution in [0.3, 0.4) is 0 Å². The van der Waals surface area contributed by atoms with Gasteiger partial charge in [0, 0.05) is 12.8 Å². The van der Waals surface area contributed by atoms with Crippen LogP contribution in [0.1, 0.15) is 36.0 Å². The molecule has 0 aliphatic heterocycles. The minimum Gasteiger partial charge on any atom is -0.508 e. The van der Waals surface area contributed by atoms with E-state index in [2.05, 4.69) is 16.0 Å². The summed E-state index contributed by atoms with van der Waals surface area (Å²) in [6.45, 7) is 0.382. The summed E-state index contributed by atoms with van der Waals surface area (Å²) >= 11 is 0. The van der Waals surface area contributed by atoms with Gasteiger partial charge >= 0.3 is 5.97 Å². The van der Waals surface area contributed by atoms with Gasteiger partial charge in [0.15, 0.2) is 0 Å². The lowest BCUT2D eigenvalue weighted by molar-refractivity contribution is -0.142. The number of benzene rings is 3. The molecule has 3 rings (SSSR count). The normalized spacial score (nSPS) is 13.6. The van der Waals surface area contributed by atoms with E-state index in [0.29, 0.717) is 24.9 Å². The van der Waals surface area contributed by atoms with Crippen LogP contribution in [0.25, 0.3) is 0 Å². The summed E-state index contributed by atoms with van der Waals surface area (Å²) in [5.74, 6) is -3.01. The van der Waals surface area contributed by atoms with Crippen molar-refractivity contribution in [1.29, 1.82) is 0 Å². The Morgan fingerprint density at radius 2 is 1.09 bits per heavy atom. The van der Waals surface area contributed by atoms with Crippen LogP contribution in [0.5, 0.6) is 5.75 Å². The highest BCUT2D eigenvalue weighted by atomic mass is 16.4. The van der Waals surface area contributed by atoms with Crippen molar-refractivity contribution >= 4 is 23.7 Å². The van der Waals surface area contributed by atoms with Crippen molar-refractivity contribution in [1.82, 2.24) is 16.0 Å². The molecule has 3 aromatic carbocycles. The van der Waals surface area contributed by atoms with Crippen LogP contribution < -0.4 is 27.4 Å². The van der Waals surface area contributed by atoms with Crippen LogP contribution in [0, 0.1) is 0 Å². The number of nitrogens with two attached hydrogens (primary N) is 2. The molecule has 0 bridgehead atoms. The lowest BCUT2D eigenvalue weighted by atomic mass is 10.0. The topological polar surface area (TPSA) is 197 Å². The number of aromatic hydroxyl groups is 1. The third-order valence-electron chi connectivity index (χ3n) is 7.12. The van der Waals surface area contributed by atoms with E-state index in [1.165, 1.54) is 12.1 Å². The Labute approximate surface area is 257 Å². The summed E-state index contributed by atoms with van der Waals surface area (Å²) in [6, 6.07) is 20.1. The fourth-order valence-corrected chi connectivity index (χ4v) is 4.67. The largest absolute Gasteiger partial charge is 0.508 e. The van der Waals surface area contributed by atoms with Crippen LogP contribution in [0.4, 0.5) is 0 Å². The Morgan fingerprint density at radius 3 is 1.66 bits per heavy atom. The maximum Gasteiger partial charge on any atom is 0.326 e. The molecule has 44 heavy (non-hydrogen) atoms. The standard InChI is InChI=1S/C33H41N5O6/c34-18-8-7-13-27(31(41)38-29(33(43)44)21-24-14-16-25(39)17-15-24)36-32(42)28(20-23-11-5-2-6-12-23)37-30(40)26(35)19-22-9-3-1-4-10-22/h1-6,9-12,14-17,26-29,39H,7-8,13,18-21,34-35H2,(H,36,42)(H,37,40)(H,38,41)(H,43,44). The third-order valence-corrected chi connectivity index (χ3v) is 7.12. The maximum atomic E-state index is 13.6. The predicted molar refractivity (Wildman–Crippen MR) is 166 cm³/mol. The smallest absolute Gasteiger partial charge is 0.326 e. The van der Waals surface area contributed by atoms with Crippen molar-refractivity contribution in [3.05, 3.63) is 102 Å². The first-order chi connectivity index (χ1) is 21.2. The molecule has 0 heterocycles. The number of hydrogen-bond acceptors (Lipinski definition) is 7. The SMILES string of the molecule is NCCCCC(NC(=O)C(Cc1ccccc1)NC(=O)C(N)Cc1ccccc1)C(=O)NC(Cc1ccc(O)cc1)C(=O)O. The Kier molecular flexibility index (Phi) is 13.3. The van der Waals surface area contributed by atoms with Gasteiger partial charge in [0.1, 0.15) is 23.9 Å². The van der Waals surface area contributed by atoms with E-state index in [0.717, 1.165) is 11.1 Å². The van der Waals surface area contributed by atoms with Crippen molar-refractivity contribution in [2.75, 3.05) is 6.54 Å². The molecule has 0 aliphatic rings. The van der Waals surface area contributed by atoms with Gasteiger partial charge in [-0.2, -0.15) is 0 Å². The van der Waals surface area contributed by atoms with E-state index in [1.54, 1.807) is 12.1 Å². The number of carbonyl (C=O) groups is 4. The average molecular weight is 604 g/mol. The Bertz CT molecular complexity index is 1350. The van der Waals surface area contributed by atoms with Gasteiger partial charge in [-0.1, -0.05) is 72.8 Å².